The molecule has 0 saturated carbocycles. The van der Waals surface area contributed by atoms with Gasteiger partial charge in [-0.2, -0.15) is 0 Å². The third-order valence-corrected chi connectivity index (χ3v) is 12.3. The molecular weight excluding hydrogens is 865 g/mol. The first-order valence-electron chi connectivity index (χ1n) is 27.7. The molecule has 0 saturated heterocycles. The molecule has 0 bridgehead atoms. The lowest BCUT2D eigenvalue weighted by Crippen LogP contribution is -2.40. The molecule has 0 spiro atoms. The van der Waals surface area contributed by atoms with Crippen LogP contribution in [0.4, 0.5) is 0 Å². The van der Waals surface area contributed by atoms with Crippen LogP contribution in [-0.2, 0) is 28.8 Å². The molecule has 0 aromatic carbocycles. The Morgan fingerprint density at radius 2 is 0.594 bits per heavy atom. The van der Waals surface area contributed by atoms with Crippen LogP contribution in [0.15, 0.2) is 0 Å². The fraction of sp³-hybridized carbons (Fsp3) is 0.895. The first-order chi connectivity index (χ1) is 32.0. The molecule has 12 heteroatoms. The van der Waals surface area contributed by atoms with E-state index in [1.54, 1.807) is 0 Å². The van der Waals surface area contributed by atoms with Gasteiger partial charge in [0.1, 0.15) is 0 Å². The third kappa shape index (κ3) is 49.6. The van der Waals surface area contributed by atoms with E-state index in [0.717, 1.165) is 103 Å². The van der Waals surface area contributed by atoms with Gasteiger partial charge in [0.15, 0.2) is 0 Å². The van der Waals surface area contributed by atoms with Crippen molar-refractivity contribution in [3.05, 3.63) is 0 Å². The highest BCUT2D eigenvalue weighted by atomic mass is 16.2. The monoisotopic (exact) mass is 985 g/mol. The van der Waals surface area contributed by atoms with E-state index in [4.69, 9.17) is 0 Å². The van der Waals surface area contributed by atoms with Crippen LogP contribution in [0, 0.1) is 34.0 Å². The number of hydrogen-bond acceptors (Lipinski definition) is 6. The number of amides is 6. The summed E-state index contributed by atoms with van der Waals surface area (Å²) < 4.78 is 0. The molecule has 0 aliphatic heterocycles. The Morgan fingerprint density at radius 3 is 0.870 bits per heavy atom. The van der Waals surface area contributed by atoms with Crippen LogP contribution in [0.25, 0.3) is 0 Å². The molecule has 0 heterocycles. The van der Waals surface area contributed by atoms with E-state index in [-0.39, 0.29) is 81.5 Å². The van der Waals surface area contributed by atoms with Gasteiger partial charge in [0, 0.05) is 72.3 Å². The summed E-state index contributed by atoms with van der Waals surface area (Å²) >= 11 is 0. The average Bonchev–Trinajstić information content (AvgIpc) is 3.31. The van der Waals surface area contributed by atoms with Gasteiger partial charge in [-0.25, -0.2) is 0 Å². The van der Waals surface area contributed by atoms with Crippen molar-refractivity contribution in [2.24, 2.45) is 34.0 Å². The smallest absolute Gasteiger partial charge is 0.225 e. The molecule has 69 heavy (non-hydrogen) atoms. The summed E-state index contributed by atoms with van der Waals surface area (Å²) in [6, 6.07) is 0.509. The highest BCUT2D eigenvalue weighted by molar-refractivity contribution is 5.83. The van der Waals surface area contributed by atoms with Crippen LogP contribution in [0.5, 0.6) is 0 Å². The summed E-state index contributed by atoms with van der Waals surface area (Å²) in [5.41, 5.74) is -0.621. The number of carbonyl (C=O) groups excluding carboxylic acids is 6. The van der Waals surface area contributed by atoms with Gasteiger partial charge < -0.3 is 31.9 Å². The fourth-order valence-electron chi connectivity index (χ4n) is 4.68. The van der Waals surface area contributed by atoms with Gasteiger partial charge in [-0.1, -0.05) is 170 Å². The lowest BCUT2D eigenvalue weighted by molar-refractivity contribution is -0.130. The van der Waals surface area contributed by atoms with E-state index in [9.17, 15) is 28.8 Å². The Hall–Kier alpha value is -3.18. The van der Waals surface area contributed by atoms with Gasteiger partial charge in [0.05, 0.1) is 0 Å². The molecule has 0 aromatic heterocycles. The molecule has 0 aromatic rings. The van der Waals surface area contributed by atoms with Crippen LogP contribution in [0.3, 0.4) is 0 Å². The minimum Gasteiger partial charge on any atom is -0.356 e. The van der Waals surface area contributed by atoms with Crippen LogP contribution < -0.4 is 31.9 Å². The van der Waals surface area contributed by atoms with E-state index >= 15 is 0 Å². The van der Waals surface area contributed by atoms with Crippen molar-refractivity contribution in [2.75, 3.05) is 26.2 Å². The molecule has 0 fully saturated rings. The van der Waals surface area contributed by atoms with Crippen molar-refractivity contribution in [3.63, 3.8) is 0 Å². The summed E-state index contributed by atoms with van der Waals surface area (Å²) in [5, 5.41) is 17.5. The van der Waals surface area contributed by atoms with Crippen molar-refractivity contribution in [1.29, 1.82) is 0 Å². The Balaban J connectivity index is -0.000000173. The Labute approximate surface area is 428 Å². The highest BCUT2D eigenvalue weighted by Gasteiger charge is 2.26. The van der Waals surface area contributed by atoms with Crippen LogP contribution in [0.2, 0.25) is 0 Å². The zero-order chi connectivity index (χ0) is 55.2. The number of carbonyl (C=O) groups is 6. The Morgan fingerprint density at radius 1 is 0.333 bits per heavy atom. The second kappa shape index (κ2) is 48.4. The SMILES string of the molecule is CCC(C)(C)C(=O)NC(C)C.CCC(C)C(=O)NC(C)C.CCCCCNC(=O)C(C)(C)CC.CCCCCNC(=O)C(C)CC.CCCCNC(=O)C(C)(C)CC.CCCCNC(=O)C(C)CC. The molecule has 6 N–H and O–H groups in total. The minimum absolute atomic E-state index is 0.148. The predicted octanol–water partition coefficient (Wildman–Crippen LogP) is 12.9. The Bertz CT molecular complexity index is 1270. The molecule has 414 valence electrons. The maximum absolute atomic E-state index is 11.5. The zero-order valence-electron chi connectivity index (χ0n) is 50.0. The largest absolute Gasteiger partial charge is 0.356 e. The fourth-order valence-corrected chi connectivity index (χ4v) is 4.68. The van der Waals surface area contributed by atoms with Gasteiger partial charge in [-0.3, -0.25) is 28.8 Å². The molecule has 12 nitrogen and oxygen atoms in total. The topological polar surface area (TPSA) is 175 Å². The molecular formula is C57H120N6O6. The van der Waals surface area contributed by atoms with Gasteiger partial charge >= 0.3 is 0 Å². The van der Waals surface area contributed by atoms with E-state index < -0.39 is 0 Å². The molecule has 0 radical (unpaired) electrons. The van der Waals surface area contributed by atoms with Crippen molar-refractivity contribution in [1.82, 2.24) is 31.9 Å². The maximum atomic E-state index is 11.5. The van der Waals surface area contributed by atoms with Gasteiger partial charge in [0.2, 0.25) is 35.4 Å². The molecule has 6 amide bonds. The standard InChI is InChI=1S/C11H23NO.2C10H21NO.2C9H19NO.C8H17NO/c1-5-7-8-9-12-10(13)11(3,4)6-2;1-5-7-8-11-9(12)10(3,4)6-2;1-4-6-7-8-11-10(12)9(3)5-2;1-6-9(4,5)8(11)10-7(2)3;1-4-6-7-10-9(11)8(3)5-2;1-5-7(4)8(10)9-6(2)3/h5-9H2,1-4H3,(H,12,13);5-8H2,1-4H3,(H,11,12);9H,4-8H2,1-3H3,(H,11,12);7H,6H2,1-5H3,(H,10,11);8H,4-7H2,1-3H3,(H,10,11);6-7H,5H2,1-4H3,(H,9,10). The van der Waals surface area contributed by atoms with Crippen molar-refractivity contribution >= 4 is 35.4 Å². The number of hydrogen-bond donors (Lipinski definition) is 6. The van der Waals surface area contributed by atoms with E-state index in [1.807, 2.05) is 132 Å². The molecule has 0 aliphatic rings. The van der Waals surface area contributed by atoms with E-state index in [2.05, 4.69) is 59.6 Å². The predicted molar refractivity (Wildman–Crippen MR) is 298 cm³/mol. The van der Waals surface area contributed by atoms with Crippen molar-refractivity contribution < 1.29 is 28.8 Å². The lowest BCUT2D eigenvalue weighted by atomic mass is 9.89. The summed E-state index contributed by atoms with van der Waals surface area (Å²) in [4.78, 5) is 67.8. The lowest BCUT2D eigenvalue weighted by Gasteiger charge is -2.22. The Kier molecular flexibility index (Phi) is 54.3. The summed E-state index contributed by atoms with van der Waals surface area (Å²) in [5.74, 6) is 1.58. The van der Waals surface area contributed by atoms with Crippen LogP contribution in [0.1, 0.15) is 262 Å². The molecule has 0 aliphatic carbocycles. The second-order valence-corrected chi connectivity index (χ2v) is 21.1. The van der Waals surface area contributed by atoms with Crippen molar-refractivity contribution in [3.8, 4) is 0 Å². The number of unbranched alkanes of at least 4 members (excludes halogenated alkanes) is 6. The first kappa shape index (κ1) is 77.3. The number of rotatable bonds is 28. The quantitative estimate of drug-likeness (QED) is 0.0426. The summed E-state index contributed by atoms with van der Waals surface area (Å²) in [6.07, 6.45) is 16.9. The second-order valence-electron chi connectivity index (χ2n) is 21.1. The zero-order valence-corrected chi connectivity index (χ0v) is 50.0. The number of nitrogens with one attached hydrogen (secondary N) is 6. The minimum atomic E-state index is -0.218. The van der Waals surface area contributed by atoms with Gasteiger partial charge in [-0.15, -0.1) is 0 Å². The molecule has 3 unspecified atom stereocenters. The summed E-state index contributed by atoms with van der Waals surface area (Å²) in [7, 11) is 0. The van der Waals surface area contributed by atoms with Gasteiger partial charge in [-0.05, 0) is 91.9 Å². The normalized spacial score (nSPS) is 12.1. The third-order valence-electron chi connectivity index (χ3n) is 12.3. The van der Waals surface area contributed by atoms with E-state index in [1.165, 1.54) is 25.7 Å². The van der Waals surface area contributed by atoms with Gasteiger partial charge in [0.25, 0.3) is 0 Å². The highest BCUT2D eigenvalue weighted by Crippen LogP contribution is 2.21. The van der Waals surface area contributed by atoms with Crippen LogP contribution in [-0.4, -0.2) is 73.7 Å². The van der Waals surface area contributed by atoms with Crippen LogP contribution >= 0.6 is 0 Å². The molecule has 0 rings (SSSR count). The van der Waals surface area contributed by atoms with Crippen molar-refractivity contribution in [2.45, 2.75) is 274 Å². The first-order valence-corrected chi connectivity index (χ1v) is 27.7. The average molecular weight is 986 g/mol. The molecule has 3 atom stereocenters. The summed E-state index contributed by atoms with van der Waals surface area (Å²) in [6.45, 7) is 49.7. The maximum Gasteiger partial charge on any atom is 0.225 e. The van der Waals surface area contributed by atoms with E-state index in [0.29, 0.717) is 0 Å².